The van der Waals surface area contributed by atoms with Crippen molar-refractivity contribution >= 4 is 23.4 Å². The van der Waals surface area contributed by atoms with Gasteiger partial charge in [0.25, 0.3) is 0 Å². The van der Waals surface area contributed by atoms with E-state index in [1.54, 1.807) is 28.3 Å². The lowest BCUT2D eigenvalue weighted by atomic mass is 10.0. The smallest absolute Gasteiger partial charge is 0.329 e. The summed E-state index contributed by atoms with van der Waals surface area (Å²) in [4.78, 5) is 13.0. The van der Waals surface area contributed by atoms with E-state index in [1.807, 2.05) is 31.2 Å². The van der Waals surface area contributed by atoms with Crippen LogP contribution in [0, 0.1) is 5.82 Å². The summed E-state index contributed by atoms with van der Waals surface area (Å²) in [5.74, 6) is -0.397. The summed E-state index contributed by atoms with van der Waals surface area (Å²) in [7, 11) is 1.73. The maximum Gasteiger partial charge on any atom is 0.329 e. The Kier molecular flexibility index (Phi) is 6.58. The Bertz CT molecular complexity index is 938. The molecule has 0 aliphatic carbocycles. The van der Waals surface area contributed by atoms with Crippen molar-refractivity contribution in [3.8, 4) is 0 Å². The molecule has 3 rings (SSSR count). The number of imidazole rings is 1. The molecule has 5 nitrogen and oxygen atoms in total. The number of hydrogen-bond donors (Lipinski definition) is 2. The quantitative estimate of drug-likeness (QED) is 0.692. The Hall–Kier alpha value is -2.15. The molecule has 1 aromatic heterocycles. The number of aliphatic hydroxyl groups is 1. The first-order valence-corrected chi connectivity index (χ1v) is 8.36. The second-order valence-electron chi connectivity index (χ2n) is 6.01. The van der Waals surface area contributed by atoms with Gasteiger partial charge in [0.2, 0.25) is 0 Å². The van der Waals surface area contributed by atoms with E-state index in [9.17, 15) is 14.3 Å². The van der Waals surface area contributed by atoms with Crippen molar-refractivity contribution in [2.24, 2.45) is 0 Å². The van der Waals surface area contributed by atoms with E-state index in [4.69, 9.17) is 0 Å². The van der Waals surface area contributed by atoms with E-state index in [0.29, 0.717) is 12.1 Å². The maximum atomic E-state index is 13.8. The number of likely N-dealkylation sites (N-methyl/N-ethyl adjacent to an activating group) is 1. The van der Waals surface area contributed by atoms with E-state index in [-0.39, 0.29) is 24.6 Å². The fourth-order valence-electron chi connectivity index (χ4n) is 3.36. The average molecular weight is 380 g/mol. The van der Waals surface area contributed by atoms with Gasteiger partial charge < -0.3 is 10.4 Å². The summed E-state index contributed by atoms with van der Waals surface area (Å²) in [6, 6.07) is 12.8. The molecule has 2 aromatic carbocycles. The molecular weight excluding hydrogens is 357 g/mol. The van der Waals surface area contributed by atoms with Gasteiger partial charge in [0.05, 0.1) is 23.2 Å². The lowest BCUT2D eigenvalue weighted by molar-refractivity contribution is 0.130. The van der Waals surface area contributed by atoms with Crippen LogP contribution in [0.1, 0.15) is 18.5 Å². The van der Waals surface area contributed by atoms with E-state index in [0.717, 1.165) is 11.0 Å². The molecule has 2 N–H and O–H groups in total. The van der Waals surface area contributed by atoms with E-state index < -0.39 is 18.0 Å². The number of nitrogens with zero attached hydrogens (tertiary/aromatic N) is 2. The number of nitrogens with one attached hydrogen (secondary N) is 1. The highest BCUT2D eigenvalue weighted by Gasteiger charge is 2.27. The van der Waals surface area contributed by atoms with E-state index in [2.05, 4.69) is 5.32 Å². The molecule has 26 heavy (non-hydrogen) atoms. The summed E-state index contributed by atoms with van der Waals surface area (Å²) in [6.07, 6.45) is -0.888. The molecule has 0 saturated heterocycles. The standard InChI is InChI=1S/C19H22FN3O2.ClH/c1-3-22-15-9-4-5-10-16(15)23(19(22)25)18(17(24)12-21-2)13-7-6-8-14(20)11-13;/h4-11,17-18,21,24H,3,12H2,1-2H3;1H/t17-,18-;/m0./s1. The van der Waals surface area contributed by atoms with Gasteiger partial charge >= 0.3 is 5.69 Å². The predicted octanol–water partition coefficient (Wildman–Crippen LogP) is 2.55. The van der Waals surface area contributed by atoms with Crippen molar-refractivity contribution in [2.45, 2.75) is 25.6 Å². The van der Waals surface area contributed by atoms with Crippen molar-refractivity contribution in [1.82, 2.24) is 14.5 Å². The van der Waals surface area contributed by atoms with Gasteiger partial charge in [-0.1, -0.05) is 24.3 Å². The molecule has 3 aromatic rings. The normalized spacial score (nSPS) is 13.4. The van der Waals surface area contributed by atoms with E-state index in [1.165, 1.54) is 12.1 Å². The second-order valence-corrected chi connectivity index (χ2v) is 6.01. The van der Waals surface area contributed by atoms with Gasteiger partial charge in [-0.05, 0) is 43.8 Å². The Morgan fingerprint density at radius 3 is 2.46 bits per heavy atom. The molecule has 0 fully saturated rings. The first-order chi connectivity index (χ1) is 12.1. The molecule has 0 bridgehead atoms. The van der Waals surface area contributed by atoms with Crippen LogP contribution in [0.15, 0.2) is 53.3 Å². The van der Waals surface area contributed by atoms with Crippen molar-refractivity contribution < 1.29 is 9.50 Å². The van der Waals surface area contributed by atoms with Gasteiger partial charge in [-0.25, -0.2) is 9.18 Å². The molecule has 140 valence electrons. The van der Waals surface area contributed by atoms with Crippen LogP contribution in [0.5, 0.6) is 0 Å². The number of rotatable bonds is 6. The van der Waals surface area contributed by atoms with Gasteiger partial charge in [0.15, 0.2) is 0 Å². The van der Waals surface area contributed by atoms with Crippen LogP contribution in [0.25, 0.3) is 11.0 Å². The highest BCUT2D eigenvalue weighted by molar-refractivity contribution is 5.85. The highest BCUT2D eigenvalue weighted by atomic mass is 35.5. The lowest BCUT2D eigenvalue weighted by Gasteiger charge is -2.25. The summed E-state index contributed by atoms with van der Waals surface area (Å²) >= 11 is 0. The van der Waals surface area contributed by atoms with Crippen LogP contribution in [-0.2, 0) is 6.54 Å². The minimum absolute atomic E-state index is 0. The average Bonchev–Trinajstić information content (AvgIpc) is 2.87. The maximum absolute atomic E-state index is 13.8. The third-order valence-electron chi connectivity index (χ3n) is 4.43. The molecule has 0 unspecified atom stereocenters. The zero-order valence-electron chi connectivity index (χ0n) is 14.7. The van der Waals surface area contributed by atoms with Gasteiger partial charge in [0.1, 0.15) is 5.82 Å². The first kappa shape index (κ1) is 20.2. The number of benzene rings is 2. The lowest BCUT2D eigenvalue weighted by Crippen LogP contribution is -2.38. The van der Waals surface area contributed by atoms with Crippen molar-refractivity contribution in [2.75, 3.05) is 13.6 Å². The van der Waals surface area contributed by atoms with Crippen LogP contribution in [-0.4, -0.2) is 33.9 Å². The van der Waals surface area contributed by atoms with Crippen LogP contribution >= 0.6 is 12.4 Å². The van der Waals surface area contributed by atoms with Crippen LogP contribution in [0.3, 0.4) is 0 Å². The summed E-state index contributed by atoms with van der Waals surface area (Å²) in [5.41, 5.74) is 1.86. The Labute approximate surface area is 157 Å². The van der Waals surface area contributed by atoms with Crippen molar-refractivity contribution in [1.29, 1.82) is 0 Å². The Balaban J connectivity index is 0.00000243. The molecule has 0 spiro atoms. The minimum atomic E-state index is -0.888. The molecule has 0 amide bonds. The molecule has 0 radical (unpaired) electrons. The molecule has 2 atom stereocenters. The fraction of sp³-hybridized carbons (Fsp3) is 0.316. The molecule has 0 aliphatic heterocycles. The SMILES string of the molecule is CCn1c(=O)n([C@@H](c2cccc(F)c2)[C@@H](O)CNC)c2ccccc21.Cl. The third kappa shape index (κ3) is 3.53. The zero-order chi connectivity index (χ0) is 18.0. The van der Waals surface area contributed by atoms with Crippen LogP contribution < -0.4 is 11.0 Å². The van der Waals surface area contributed by atoms with Crippen LogP contribution in [0.4, 0.5) is 4.39 Å². The predicted molar refractivity (Wildman–Crippen MR) is 104 cm³/mol. The number of aryl methyl sites for hydroxylation is 1. The molecule has 1 heterocycles. The largest absolute Gasteiger partial charge is 0.389 e. The molecule has 0 aliphatic rings. The highest BCUT2D eigenvalue weighted by Crippen LogP contribution is 2.26. The fourth-order valence-corrected chi connectivity index (χ4v) is 3.36. The second kappa shape index (κ2) is 8.49. The van der Waals surface area contributed by atoms with Gasteiger partial charge in [-0.3, -0.25) is 9.13 Å². The zero-order valence-corrected chi connectivity index (χ0v) is 15.5. The van der Waals surface area contributed by atoms with E-state index >= 15 is 0 Å². The molecule has 0 saturated carbocycles. The van der Waals surface area contributed by atoms with Gasteiger partial charge in [0, 0.05) is 13.1 Å². The third-order valence-corrected chi connectivity index (χ3v) is 4.43. The van der Waals surface area contributed by atoms with Crippen molar-refractivity contribution in [3.63, 3.8) is 0 Å². The van der Waals surface area contributed by atoms with Gasteiger partial charge in [-0.2, -0.15) is 0 Å². The number of aromatic nitrogens is 2. The monoisotopic (exact) mass is 379 g/mol. The number of para-hydroxylation sites is 2. The summed E-state index contributed by atoms with van der Waals surface area (Å²) in [6.45, 7) is 2.70. The number of aliphatic hydroxyl groups excluding tert-OH is 1. The number of hydrogen-bond acceptors (Lipinski definition) is 3. The molecular formula is C19H23ClFN3O2. The molecule has 7 heteroatoms. The Morgan fingerprint density at radius 2 is 1.85 bits per heavy atom. The summed E-state index contributed by atoms with van der Waals surface area (Å²) < 4.78 is 17.0. The van der Waals surface area contributed by atoms with Gasteiger partial charge in [-0.15, -0.1) is 12.4 Å². The van der Waals surface area contributed by atoms with Crippen LogP contribution in [0.2, 0.25) is 0 Å². The first-order valence-electron chi connectivity index (χ1n) is 8.36. The minimum Gasteiger partial charge on any atom is -0.389 e. The number of fused-ring (bicyclic) bond motifs is 1. The Morgan fingerprint density at radius 1 is 1.15 bits per heavy atom. The van der Waals surface area contributed by atoms with Crippen molar-refractivity contribution in [3.05, 3.63) is 70.4 Å². The summed E-state index contributed by atoms with van der Waals surface area (Å²) in [5, 5.41) is 13.6. The number of halogens is 2. The topological polar surface area (TPSA) is 59.2 Å².